The molecule has 2 aliphatic carbocycles. The standard InChI is InChI=1S/C17H29FN2O6S/c1-17(2,23)5-6-26-11-3-4-12-10(7-11)8-13(21)16(15(12)18)20-9-14(22)19-27(20,24)25/h10-13,15-16,21,23H,3-9H2,1-2H3,(H,19,22). The lowest BCUT2D eigenvalue weighted by molar-refractivity contribution is -0.120. The minimum atomic E-state index is -4.09. The largest absolute Gasteiger partial charge is 0.391 e. The number of ether oxygens (including phenoxy) is 1. The Morgan fingerprint density at radius 2 is 2.04 bits per heavy atom. The molecule has 0 aromatic carbocycles. The van der Waals surface area contributed by atoms with E-state index < -0.39 is 46.6 Å². The first kappa shape index (κ1) is 20.9. The molecule has 6 unspecified atom stereocenters. The van der Waals surface area contributed by atoms with E-state index in [9.17, 15) is 23.4 Å². The van der Waals surface area contributed by atoms with Crippen molar-refractivity contribution in [3.63, 3.8) is 0 Å². The number of aliphatic hydroxyl groups excluding tert-OH is 1. The summed E-state index contributed by atoms with van der Waals surface area (Å²) in [6.07, 6.45) is -0.174. The predicted molar refractivity (Wildman–Crippen MR) is 94.6 cm³/mol. The molecular weight excluding hydrogens is 379 g/mol. The Hall–Kier alpha value is -0.810. The van der Waals surface area contributed by atoms with Gasteiger partial charge >= 0.3 is 10.2 Å². The van der Waals surface area contributed by atoms with Gasteiger partial charge in [0.2, 0.25) is 5.91 Å². The summed E-state index contributed by atoms with van der Waals surface area (Å²) in [4.78, 5) is 11.5. The molecule has 6 atom stereocenters. The van der Waals surface area contributed by atoms with E-state index in [-0.39, 0.29) is 24.4 Å². The minimum absolute atomic E-state index is 0.0525. The Balaban J connectivity index is 1.62. The Labute approximate surface area is 159 Å². The molecule has 1 amide bonds. The number of carbonyl (C=O) groups is 1. The predicted octanol–water partition coefficient (Wildman–Crippen LogP) is 0.0968. The first-order valence-corrected chi connectivity index (χ1v) is 10.9. The van der Waals surface area contributed by atoms with Crippen molar-refractivity contribution in [2.75, 3.05) is 13.2 Å². The Kier molecular flexibility index (Phi) is 5.85. The molecule has 3 aliphatic rings. The molecule has 3 N–H and O–H groups in total. The van der Waals surface area contributed by atoms with Crippen LogP contribution in [0.25, 0.3) is 0 Å². The third-order valence-corrected chi connectivity index (χ3v) is 7.39. The maximum absolute atomic E-state index is 15.2. The number of fused-ring (bicyclic) bond motifs is 1. The van der Waals surface area contributed by atoms with Gasteiger partial charge < -0.3 is 14.9 Å². The lowest BCUT2D eigenvalue weighted by Gasteiger charge is -2.47. The highest BCUT2D eigenvalue weighted by atomic mass is 32.2. The number of alkyl halides is 1. The summed E-state index contributed by atoms with van der Waals surface area (Å²) in [6, 6.07) is -1.23. The number of aliphatic hydroxyl groups is 2. The van der Waals surface area contributed by atoms with Gasteiger partial charge in [-0.15, -0.1) is 0 Å². The van der Waals surface area contributed by atoms with Gasteiger partial charge in [-0.25, -0.2) is 9.11 Å². The third kappa shape index (κ3) is 4.61. The highest BCUT2D eigenvalue weighted by molar-refractivity contribution is 7.88. The van der Waals surface area contributed by atoms with Crippen molar-refractivity contribution >= 4 is 16.1 Å². The molecule has 3 rings (SSSR count). The van der Waals surface area contributed by atoms with Crippen molar-refractivity contribution in [3.05, 3.63) is 0 Å². The van der Waals surface area contributed by atoms with Gasteiger partial charge in [-0.2, -0.15) is 12.7 Å². The van der Waals surface area contributed by atoms with Crippen LogP contribution in [0.1, 0.15) is 46.0 Å². The fraction of sp³-hybridized carbons (Fsp3) is 0.941. The van der Waals surface area contributed by atoms with E-state index in [0.29, 0.717) is 32.3 Å². The van der Waals surface area contributed by atoms with Crippen molar-refractivity contribution in [2.45, 2.75) is 76.0 Å². The molecule has 0 bridgehead atoms. The van der Waals surface area contributed by atoms with Crippen LogP contribution in [-0.4, -0.2) is 72.0 Å². The minimum Gasteiger partial charge on any atom is -0.391 e. The maximum Gasteiger partial charge on any atom is 0.304 e. The number of halogens is 1. The zero-order chi connectivity index (χ0) is 20.0. The zero-order valence-electron chi connectivity index (χ0n) is 15.7. The lowest BCUT2D eigenvalue weighted by Crippen LogP contribution is -2.59. The van der Waals surface area contributed by atoms with E-state index in [1.54, 1.807) is 13.8 Å². The number of nitrogens with one attached hydrogen (secondary N) is 1. The molecule has 0 aromatic rings. The quantitative estimate of drug-likeness (QED) is 0.594. The molecule has 27 heavy (non-hydrogen) atoms. The van der Waals surface area contributed by atoms with Crippen LogP contribution < -0.4 is 4.72 Å². The van der Waals surface area contributed by atoms with Gasteiger partial charge in [-0.3, -0.25) is 4.79 Å². The molecule has 8 nitrogen and oxygen atoms in total. The van der Waals surface area contributed by atoms with Crippen LogP contribution in [0.3, 0.4) is 0 Å². The smallest absolute Gasteiger partial charge is 0.304 e. The second kappa shape index (κ2) is 7.55. The Morgan fingerprint density at radius 1 is 1.33 bits per heavy atom. The van der Waals surface area contributed by atoms with Crippen molar-refractivity contribution in [3.8, 4) is 0 Å². The number of nitrogens with zero attached hydrogens (tertiary/aromatic N) is 1. The lowest BCUT2D eigenvalue weighted by atomic mass is 9.66. The van der Waals surface area contributed by atoms with Gasteiger partial charge in [-0.05, 0) is 57.8 Å². The van der Waals surface area contributed by atoms with Crippen LogP contribution in [0.2, 0.25) is 0 Å². The van der Waals surface area contributed by atoms with Crippen LogP contribution in [-0.2, 0) is 19.7 Å². The van der Waals surface area contributed by atoms with Gasteiger partial charge in [0.15, 0.2) is 0 Å². The normalized spacial score (nSPS) is 39.8. The summed E-state index contributed by atoms with van der Waals surface area (Å²) in [7, 11) is -4.09. The number of carbonyl (C=O) groups excluding carboxylic acids is 1. The van der Waals surface area contributed by atoms with Crippen LogP contribution in [0.4, 0.5) is 4.39 Å². The molecule has 156 valence electrons. The molecule has 0 aromatic heterocycles. The second-order valence-corrected chi connectivity index (χ2v) is 10.2. The highest BCUT2D eigenvalue weighted by Crippen LogP contribution is 2.45. The molecule has 10 heteroatoms. The molecular formula is C17H29FN2O6S. The third-order valence-electron chi connectivity index (χ3n) is 5.92. The van der Waals surface area contributed by atoms with E-state index in [1.165, 1.54) is 0 Å². The molecule has 1 aliphatic heterocycles. The Bertz CT molecular complexity index is 667. The molecule has 1 saturated heterocycles. The van der Waals surface area contributed by atoms with Crippen LogP contribution in [0.5, 0.6) is 0 Å². The van der Waals surface area contributed by atoms with Gasteiger partial charge in [-0.1, -0.05) is 0 Å². The van der Waals surface area contributed by atoms with Gasteiger partial charge in [0.05, 0.1) is 30.4 Å². The van der Waals surface area contributed by atoms with Crippen LogP contribution in [0.15, 0.2) is 0 Å². The zero-order valence-corrected chi connectivity index (χ0v) is 16.5. The first-order valence-electron chi connectivity index (χ1n) is 9.46. The maximum atomic E-state index is 15.2. The summed E-state index contributed by atoms with van der Waals surface area (Å²) in [5.74, 6) is -1.17. The van der Waals surface area contributed by atoms with Gasteiger partial charge in [0.1, 0.15) is 6.17 Å². The number of rotatable bonds is 5. The number of hydrogen-bond acceptors (Lipinski definition) is 6. The molecule has 0 spiro atoms. The summed E-state index contributed by atoms with van der Waals surface area (Å²) in [5, 5.41) is 20.2. The average Bonchev–Trinajstić information content (AvgIpc) is 2.78. The van der Waals surface area contributed by atoms with Crippen molar-refractivity contribution in [1.29, 1.82) is 0 Å². The monoisotopic (exact) mass is 408 g/mol. The van der Waals surface area contributed by atoms with E-state index in [0.717, 1.165) is 4.31 Å². The number of hydrogen-bond donors (Lipinski definition) is 3. The summed E-state index contributed by atoms with van der Waals surface area (Å²) in [5.41, 5.74) is -0.803. The average molecular weight is 408 g/mol. The van der Waals surface area contributed by atoms with E-state index >= 15 is 4.39 Å². The summed E-state index contributed by atoms with van der Waals surface area (Å²) < 4.78 is 47.7. The SMILES string of the molecule is CC(C)(O)CCOC1CCC2C(C1)CC(O)C(N1CC(=O)NS1(=O)=O)C2F. The molecule has 3 fully saturated rings. The van der Waals surface area contributed by atoms with E-state index in [4.69, 9.17) is 4.74 Å². The van der Waals surface area contributed by atoms with E-state index in [1.807, 2.05) is 4.72 Å². The fourth-order valence-electron chi connectivity index (χ4n) is 4.55. The van der Waals surface area contributed by atoms with Crippen molar-refractivity contribution in [1.82, 2.24) is 9.03 Å². The topological polar surface area (TPSA) is 116 Å². The Morgan fingerprint density at radius 3 is 2.63 bits per heavy atom. The van der Waals surface area contributed by atoms with Crippen molar-refractivity contribution < 1.29 is 32.6 Å². The summed E-state index contributed by atoms with van der Waals surface area (Å²) >= 11 is 0. The highest BCUT2D eigenvalue weighted by Gasteiger charge is 2.53. The van der Waals surface area contributed by atoms with Gasteiger partial charge in [0.25, 0.3) is 0 Å². The van der Waals surface area contributed by atoms with Gasteiger partial charge in [0, 0.05) is 6.61 Å². The summed E-state index contributed by atoms with van der Waals surface area (Å²) in [6.45, 7) is 3.38. The van der Waals surface area contributed by atoms with Crippen molar-refractivity contribution in [2.24, 2.45) is 11.8 Å². The molecule has 2 saturated carbocycles. The van der Waals surface area contributed by atoms with E-state index in [2.05, 4.69) is 0 Å². The number of amides is 1. The fourth-order valence-corrected chi connectivity index (χ4v) is 5.89. The molecule has 0 radical (unpaired) electrons. The first-order chi connectivity index (χ1) is 12.5. The second-order valence-electron chi connectivity index (χ2n) is 8.61. The van der Waals surface area contributed by atoms with Crippen LogP contribution >= 0.6 is 0 Å². The molecule has 1 heterocycles. The van der Waals surface area contributed by atoms with Crippen LogP contribution in [0, 0.1) is 11.8 Å².